The van der Waals surface area contributed by atoms with Gasteiger partial charge in [-0.15, -0.1) is 0 Å². The molecule has 2 aromatic carbocycles. The van der Waals surface area contributed by atoms with Crippen molar-refractivity contribution in [2.24, 2.45) is 0 Å². The number of rotatable bonds is 6. The van der Waals surface area contributed by atoms with E-state index in [0.717, 1.165) is 29.9 Å². The summed E-state index contributed by atoms with van der Waals surface area (Å²) in [5, 5.41) is 6.31. The SMILES string of the molecule is COc1ccc(C2CC(C(=O)Nc3ccc([C@H]4CNCCO4)cc3)NN2)cc1OC. The van der Waals surface area contributed by atoms with Gasteiger partial charge in [0, 0.05) is 24.8 Å². The van der Waals surface area contributed by atoms with Crippen molar-refractivity contribution >= 4 is 11.6 Å². The Morgan fingerprint density at radius 3 is 2.50 bits per heavy atom. The van der Waals surface area contributed by atoms with Gasteiger partial charge in [0.15, 0.2) is 11.5 Å². The Kier molecular flexibility index (Phi) is 6.49. The summed E-state index contributed by atoms with van der Waals surface area (Å²) in [6.07, 6.45) is 0.688. The fourth-order valence-corrected chi connectivity index (χ4v) is 3.81. The number of ether oxygens (including phenoxy) is 3. The van der Waals surface area contributed by atoms with Crippen LogP contribution in [0, 0.1) is 0 Å². The molecular formula is C22H28N4O4. The second-order valence-electron chi connectivity index (χ2n) is 7.42. The summed E-state index contributed by atoms with van der Waals surface area (Å²) in [5.74, 6) is 1.27. The largest absolute Gasteiger partial charge is 0.493 e. The Morgan fingerprint density at radius 2 is 1.80 bits per heavy atom. The first-order valence-corrected chi connectivity index (χ1v) is 10.1. The fourth-order valence-electron chi connectivity index (χ4n) is 3.81. The van der Waals surface area contributed by atoms with Gasteiger partial charge in [-0.1, -0.05) is 18.2 Å². The van der Waals surface area contributed by atoms with Gasteiger partial charge >= 0.3 is 0 Å². The van der Waals surface area contributed by atoms with Gasteiger partial charge in [0.25, 0.3) is 0 Å². The predicted octanol–water partition coefficient (Wildman–Crippen LogP) is 1.91. The van der Waals surface area contributed by atoms with Crippen LogP contribution in [-0.2, 0) is 9.53 Å². The lowest BCUT2D eigenvalue weighted by atomic mass is 10.0. The van der Waals surface area contributed by atoms with Crippen LogP contribution in [0.1, 0.15) is 29.7 Å². The van der Waals surface area contributed by atoms with Crippen LogP contribution in [0.5, 0.6) is 11.5 Å². The van der Waals surface area contributed by atoms with Crippen molar-refractivity contribution in [1.29, 1.82) is 0 Å². The lowest BCUT2D eigenvalue weighted by molar-refractivity contribution is -0.117. The number of carbonyl (C=O) groups is 1. The molecule has 2 aliphatic heterocycles. The number of methoxy groups -OCH3 is 2. The van der Waals surface area contributed by atoms with Gasteiger partial charge in [0.1, 0.15) is 6.04 Å². The molecular weight excluding hydrogens is 384 g/mol. The van der Waals surface area contributed by atoms with Crippen molar-refractivity contribution in [2.75, 3.05) is 39.2 Å². The van der Waals surface area contributed by atoms with Crippen LogP contribution in [0.3, 0.4) is 0 Å². The van der Waals surface area contributed by atoms with E-state index in [9.17, 15) is 4.79 Å². The van der Waals surface area contributed by atoms with Crippen LogP contribution in [0.4, 0.5) is 5.69 Å². The highest BCUT2D eigenvalue weighted by Gasteiger charge is 2.30. The summed E-state index contributed by atoms with van der Waals surface area (Å²) >= 11 is 0. The average Bonchev–Trinajstić information content (AvgIpc) is 3.30. The minimum atomic E-state index is -0.339. The van der Waals surface area contributed by atoms with E-state index in [1.807, 2.05) is 42.5 Å². The minimum Gasteiger partial charge on any atom is -0.493 e. The molecule has 0 bridgehead atoms. The number of hydrazine groups is 1. The molecule has 8 heteroatoms. The maximum Gasteiger partial charge on any atom is 0.242 e. The zero-order valence-corrected chi connectivity index (χ0v) is 17.2. The van der Waals surface area contributed by atoms with E-state index in [0.29, 0.717) is 24.5 Å². The van der Waals surface area contributed by atoms with E-state index >= 15 is 0 Å². The highest BCUT2D eigenvalue weighted by atomic mass is 16.5. The molecule has 3 atom stereocenters. The molecule has 0 spiro atoms. The molecule has 4 rings (SSSR count). The predicted molar refractivity (Wildman–Crippen MR) is 114 cm³/mol. The topological polar surface area (TPSA) is 92.9 Å². The lowest BCUT2D eigenvalue weighted by Gasteiger charge is -2.24. The minimum absolute atomic E-state index is 0.00103. The second-order valence-corrected chi connectivity index (χ2v) is 7.42. The standard InChI is InChI=1S/C22H28N4O4/c1-28-19-8-5-15(11-20(19)29-2)17-12-18(26-25-17)22(27)24-16-6-3-14(4-7-16)21-13-23-9-10-30-21/h3-8,11,17-18,21,23,25-26H,9-10,12-13H2,1-2H3,(H,24,27)/t17?,18?,21-/m1/s1. The van der Waals surface area contributed by atoms with Crippen LogP contribution >= 0.6 is 0 Å². The summed E-state index contributed by atoms with van der Waals surface area (Å²) in [6.45, 7) is 2.41. The quantitative estimate of drug-likeness (QED) is 0.576. The Bertz CT molecular complexity index is 868. The van der Waals surface area contributed by atoms with Crippen LogP contribution in [-0.4, -0.2) is 45.9 Å². The number of nitrogens with one attached hydrogen (secondary N) is 4. The average molecular weight is 412 g/mol. The van der Waals surface area contributed by atoms with E-state index in [2.05, 4.69) is 21.5 Å². The van der Waals surface area contributed by atoms with Crippen molar-refractivity contribution in [3.05, 3.63) is 53.6 Å². The van der Waals surface area contributed by atoms with Crippen molar-refractivity contribution < 1.29 is 19.0 Å². The monoisotopic (exact) mass is 412 g/mol. The molecule has 160 valence electrons. The van der Waals surface area contributed by atoms with Gasteiger partial charge in [-0.05, 0) is 41.8 Å². The zero-order valence-electron chi connectivity index (χ0n) is 17.2. The van der Waals surface area contributed by atoms with Crippen molar-refractivity contribution in [3.8, 4) is 11.5 Å². The number of amides is 1. The number of carbonyl (C=O) groups excluding carboxylic acids is 1. The highest BCUT2D eigenvalue weighted by molar-refractivity contribution is 5.95. The summed E-state index contributed by atoms with van der Waals surface area (Å²) < 4.78 is 16.4. The number of hydrogen-bond donors (Lipinski definition) is 4. The first-order chi connectivity index (χ1) is 14.7. The molecule has 8 nitrogen and oxygen atoms in total. The molecule has 0 radical (unpaired) electrons. The molecule has 30 heavy (non-hydrogen) atoms. The van der Waals surface area contributed by atoms with E-state index in [1.54, 1.807) is 14.2 Å². The molecule has 2 aromatic rings. The van der Waals surface area contributed by atoms with Crippen LogP contribution < -0.4 is 31.0 Å². The van der Waals surface area contributed by atoms with Gasteiger partial charge in [0.2, 0.25) is 5.91 Å². The summed E-state index contributed by atoms with van der Waals surface area (Å²) in [4.78, 5) is 12.7. The van der Waals surface area contributed by atoms with E-state index in [4.69, 9.17) is 14.2 Å². The van der Waals surface area contributed by atoms with Gasteiger partial charge in [-0.25, -0.2) is 10.9 Å². The molecule has 0 aromatic heterocycles. The third kappa shape index (κ3) is 4.57. The first-order valence-electron chi connectivity index (χ1n) is 10.1. The Balaban J connectivity index is 1.34. The normalized spacial score (nSPS) is 23.7. The zero-order chi connectivity index (χ0) is 20.9. The first kappa shape index (κ1) is 20.6. The van der Waals surface area contributed by atoms with Gasteiger partial charge in [-0.3, -0.25) is 4.79 Å². The van der Waals surface area contributed by atoms with Crippen LogP contribution in [0.15, 0.2) is 42.5 Å². The van der Waals surface area contributed by atoms with Crippen molar-refractivity contribution in [1.82, 2.24) is 16.2 Å². The molecule has 2 unspecified atom stereocenters. The van der Waals surface area contributed by atoms with E-state index in [-0.39, 0.29) is 24.1 Å². The Morgan fingerprint density at radius 1 is 1.03 bits per heavy atom. The van der Waals surface area contributed by atoms with Gasteiger partial charge in [-0.2, -0.15) is 0 Å². The highest BCUT2D eigenvalue weighted by Crippen LogP contribution is 2.32. The van der Waals surface area contributed by atoms with E-state index in [1.165, 1.54) is 0 Å². The van der Waals surface area contributed by atoms with Crippen LogP contribution in [0.2, 0.25) is 0 Å². The Hall–Kier alpha value is -2.65. The van der Waals surface area contributed by atoms with Gasteiger partial charge in [0.05, 0.1) is 26.9 Å². The summed E-state index contributed by atoms with van der Waals surface area (Å²) in [7, 11) is 3.22. The Labute approximate surface area is 176 Å². The summed E-state index contributed by atoms with van der Waals surface area (Å²) in [6, 6.07) is 13.3. The number of hydrogen-bond acceptors (Lipinski definition) is 7. The van der Waals surface area contributed by atoms with Crippen molar-refractivity contribution in [2.45, 2.75) is 24.6 Å². The number of morpholine rings is 1. The van der Waals surface area contributed by atoms with E-state index < -0.39 is 0 Å². The number of anilines is 1. The number of benzene rings is 2. The molecule has 0 saturated carbocycles. The molecule has 2 aliphatic rings. The molecule has 0 aliphatic carbocycles. The van der Waals surface area contributed by atoms with Gasteiger partial charge < -0.3 is 24.8 Å². The molecule has 2 fully saturated rings. The molecule has 2 saturated heterocycles. The molecule has 2 heterocycles. The fraction of sp³-hybridized carbons (Fsp3) is 0.409. The molecule has 4 N–H and O–H groups in total. The second kappa shape index (κ2) is 9.44. The third-order valence-electron chi connectivity index (χ3n) is 5.51. The van der Waals surface area contributed by atoms with Crippen LogP contribution in [0.25, 0.3) is 0 Å². The maximum atomic E-state index is 12.7. The smallest absolute Gasteiger partial charge is 0.242 e. The third-order valence-corrected chi connectivity index (χ3v) is 5.51. The molecule has 1 amide bonds. The van der Waals surface area contributed by atoms with Crippen molar-refractivity contribution in [3.63, 3.8) is 0 Å². The maximum absolute atomic E-state index is 12.7. The lowest BCUT2D eigenvalue weighted by Crippen LogP contribution is -2.39. The summed E-state index contributed by atoms with van der Waals surface area (Å²) in [5.41, 5.74) is 9.19.